The van der Waals surface area contributed by atoms with Gasteiger partial charge in [-0.25, -0.2) is 4.18 Å². The maximum atomic E-state index is 11.5. The van der Waals surface area contributed by atoms with Crippen LogP contribution in [0.25, 0.3) is 0 Å². The van der Waals surface area contributed by atoms with Gasteiger partial charge in [-0.05, 0) is 13.8 Å². The summed E-state index contributed by atoms with van der Waals surface area (Å²) in [4.78, 5) is 0. The van der Waals surface area contributed by atoms with Crippen LogP contribution in [-0.2, 0) is 37.7 Å². The van der Waals surface area contributed by atoms with Crippen molar-refractivity contribution in [2.45, 2.75) is 19.0 Å². The summed E-state index contributed by atoms with van der Waals surface area (Å²) in [5.41, 5.74) is 0. The van der Waals surface area contributed by atoms with E-state index >= 15 is 0 Å². The summed E-state index contributed by atoms with van der Waals surface area (Å²) in [5.74, 6) is 0. The lowest BCUT2D eigenvalue weighted by atomic mass is 10.9. The molecule has 0 rings (SSSR count). The van der Waals surface area contributed by atoms with Crippen LogP contribution in [0.15, 0.2) is 0 Å². The van der Waals surface area contributed by atoms with E-state index in [9.17, 15) is 21.4 Å². The molecule has 0 saturated heterocycles. The lowest BCUT2D eigenvalue weighted by molar-refractivity contribution is 0.260. The van der Waals surface area contributed by atoms with E-state index in [1.165, 1.54) is 13.8 Å². The van der Waals surface area contributed by atoms with Gasteiger partial charge >= 0.3 is 10.1 Å². The molecule has 0 radical (unpaired) electrons. The Morgan fingerprint density at radius 3 is 2.00 bits per heavy atom. The zero-order valence-corrected chi connectivity index (χ0v) is 12.2. The lowest BCUT2D eigenvalue weighted by Gasteiger charge is -2.15. The molecule has 0 heterocycles. The average Bonchev–Trinajstić information content (AvgIpc) is 2.13. The van der Waals surface area contributed by atoms with Crippen LogP contribution in [0.5, 0.6) is 0 Å². The Morgan fingerprint density at radius 1 is 1.12 bits per heavy atom. The standard InChI is InChI=1S/C6H15O8PS2/c1-4-12-15(7)6(14-16(3,8)9)17(10,11)13-5-2/h6,15H,4-5H2,1-3H3. The third-order valence-electron chi connectivity index (χ3n) is 1.29. The van der Waals surface area contributed by atoms with Crippen molar-refractivity contribution in [3.63, 3.8) is 0 Å². The summed E-state index contributed by atoms with van der Waals surface area (Å²) in [6.45, 7) is 2.59. The van der Waals surface area contributed by atoms with Gasteiger partial charge in [0, 0.05) is 0 Å². The second-order valence-electron chi connectivity index (χ2n) is 2.78. The molecule has 0 saturated carbocycles. The second kappa shape index (κ2) is 6.81. The van der Waals surface area contributed by atoms with E-state index < -0.39 is 33.4 Å². The molecule has 0 aromatic carbocycles. The van der Waals surface area contributed by atoms with E-state index in [4.69, 9.17) is 0 Å². The van der Waals surface area contributed by atoms with Gasteiger partial charge in [-0.2, -0.15) is 16.8 Å². The molecule has 0 spiro atoms. The van der Waals surface area contributed by atoms with Gasteiger partial charge in [0.2, 0.25) is 8.03 Å². The minimum atomic E-state index is -4.42. The molecule has 0 bridgehead atoms. The van der Waals surface area contributed by atoms with Crippen LogP contribution in [-0.4, -0.2) is 41.5 Å². The van der Waals surface area contributed by atoms with Gasteiger partial charge in [-0.15, -0.1) is 0 Å². The number of rotatable bonds is 8. The van der Waals surface area contributed by atoms with Crippen molar-refractivity contribution in [1.29, 1.82) is 0 Å². The molecule has 0 amide bonds. The molecule has 2 atom stereocenters. The molecule has 104 valence electrons. The molecule has 0 fully saturated rings. The van der Waals surface area contributed by atoms with Crippen molar-refractivity contribution < 1.29 is 34.3 Å². The fourth-order valence-corrected chi connectivity index (χ4v) is 4.99. The SMILES string of the molecule is CCO[PH](=O)C(OS(C)(=O)=O)S(=O)(=O)OCC. The highest BCUT2D eigenvalue weighted by Crippen LogP contribution is 2.35. The van der Waals surface area contributed by atoms with Crippen LogP contribution < -0.4 is 0 Å². The highest BCUT2D eigenvalue weighted by molar-refractivity contribution is 7.94. The summed E-state index contributed by atoms with van der Waals surface area (Å²) < 4.78 is 69.3. The molecule has 0 N–H and O–H groups in total. The van der Waals surface area contributed by atoms with Gasteiger partial charge in [0.05, 0.1) is 19.5 Å². The molecule has 11 heteroatoms. The first-order valence-electron chi connectivity index (χ1n) is 4.57. The predicted molar refractivity (Wildman–Crippen MR) is 60.9 cm³/mol. The summed E-state index contributed by atoms with van der Waals surface area (Å²) in [7, 11) is -11.8. The molecule has 0 aliphatic carbocycles. The summed E-state index contributed by atoms with van der Waals surface area (Å²) in [5, 5.41) is -2.15. The Hall–Kier alpha value is 0.01000. The van der Waals surface area contributed by atoms with Gasteiger partial charge in [0.25, 0.3) is 15.3 Å². The molecule has 0 aromatic heterocycles. The molecule has 0 aromatic rings. The average molecular weight is 310 g/mol. The van der Waals surface area contributed by atoms with Crippen molar-refractivity contribution in [3.8, 4) is 0 Å². The van der Waals surface area contributed by atoms with E-state index in [0.717, 1.165) is 0 Å². The Kier molecular flexibility index (Phi) is 6.82. The molecule has 17 heavy (non-hydrogen) atoms. The molecule has 0 aliphatic heterocycles. The van der Waals surface area contributed by atoms with Crippen LogP contribution in [0.1, 0.15) is 13.8 Å². The maximum Gasteiger partial charge on any atom is 0.305 e. The van der Waals surface area contributed by atoms with Crippen LogP contribution in [0, 0.1) is 0 Å². The van der Waals surface area contributed by atoms with Gasteiger partial charge < -0.3 is 4.52 Å². The van der Waals surface area contributed by atoms with Crippen LogP contribution in [0.3, 0.4) is 0 Å². The highest BCUT2D eigenvalue weighted by Gasteiger charge is 2.36. The third kappa shape index (κ3) is 6.49. The van der Waals surface area contributed by atoms with Crippen molar-refractivity contribution in [2.75, 3.05) is 19.5 Å². The first-order valence-corrected chi connectivity index (χ1v) is 9.25. The summed E-state index contributed by atoms with van der Waals surface area (Å²) >= 11 is 0. The summed E-state index contributed by atoms with van der Waals surface area (Å²) in [6.07, 6.45) is 0.641. The molecular formula is C6H15O8PS2. The maximum absolute atomic E-state index is 11.5. The largest absolute Gasteiger partial charge is 0.328 e. The van der Waals surface area contributed by atoms with Crippen LogP contribution >= 0.6 is 8.03 Å². The first kappa shape index (κ1) is 17.0. The van der Waals surface area contributed by atoms with E-state index in [-0.39, 0.29) is 13.2 Å². The molecule has 0 aliphatic rings. The Bertz CT molecular complexity index is 452. The minimum Gasteiger partial charge on any atom is -0.328 e. The van der Waals surface area contributed by atoms with Crippen molar-refractivity contribution in [3.05, 3.63) is 0 Å². The van der Waals surface area contributed by atoms with Crippen LogP contribution in [0.4, 0.5) is 0 Å². The first-order chi connectivity index (χ1) is 7.64. The normalized spacial score (nSPS) is 16.6. The lowest BCUT2D eigenvalue weighted by Crippen LogP contribution is -2.26. The predicted octanol–water partition coefficient (Wildman–Crippen LogP) is 0.124. The third-order valence-corrected chi connectivity index (χ3v) is 5.82. The molecule has 2 unspecified atom stereocenters. The fourth-order valence-electron chi connectivity index (χ4n) is 0.800. The van der Waals surface area contributed by atoms with Gasteiger partial charge in [0.15, 0.2) is 0 Å². The van der Waals surface area contributed by atoms with Crippen LogP contribution in [0.2, 0.25) is 0 Å². The monoisotopic (exact) mass is 310 g/mol. The highest BCUT2D eigenvalue weighted by atomic mass is 32.2. The molecular weight excluding hydrogens is 295 g/mol. The fraction of sp³-hybridized carbons (Fsp3) is 1.00. The topological polar surface area (TPSA) is 113 Å². The van der Waals surface area contributed by atoms with Crippen molar-refractivity contribution in [2.24, 2.45) is 0 Å². The zero-order chi connectivity index (χ0) is 13.7. The van der Waals surface area contributed by atoms with Gasteiger partial charge in [-0.3, -0.25) is 8.75 Å². The smallest absolute Gasteiger partial charge is 0.305 e. The van der Waals surface area contributed by atoms with Gasteiger partial charge in [0.1, 0.15) is 0 Å². The van der Waals surface area contributed by atoms with E-state index in [1.54, 1.807) is 0 Å². The number of hydrogen-bond acceptors (Lipinski definition) is 8. The second-order valence-corrected chi connectivity index (χ2v) is 7.90. The quantitative estimate of drug-likeness (QED) is 0.459. The zero-order valence-electron chi connectivity index (χ0n) is 9.57. The van der Waals surface area contributed by atoms with Crippen molar-refractivity contribution >= 4 is 28.3 Å². The number of hydrogen-bond donors (Lipinski definition) is 0. The Morgan fingerprint density at radius 2 is 1.65 bits per heavy atom. The Balaban J connectivity index is 5.19. The van der Waals surface area contributed by atoms with Gasteiger partial charge in [-0.1, -0.05) is 0 Å². The van der Waals surface area contributed by atoms with Crippen molar-refractivity contribution in [1.82, 2.24) is 0 Å². The summed E-state index contributed by atoms with van der Waals surface area (Å²) in [6, 6.07) is 0. The van der Waals surface area contributed by atoms with E-state index in [1.807, 2.05) is 0 Å². The minimum absolute atomic E-state index is 0.0386. The van der Waals surface area contributed by atoms with E-state index in [0.29, 0.717) is 6.26 Å². The molecule has 8 nitrogen and oxygen atoms in total. The van der Waals surface area contributed by atoms with E-state index in [2.05, 4.69) is 12.9 Å². The Labute approximate surface area is 101 Å².